The molecule has 1 N–H and O–H groups in total. The van der Waals surface area contributed by atoms with E-state index in [0.29, 0.717) is 33.7 Å². The van der Waals surface area contributed by atoms with Crippen LogP contribution in [0.1, 0.15) is 35.0 Å². The van der Waals surface area contributed by atoms with Gasteiger partial charge in [-0.25, -0.2) is 4.98 Å². The first-order chi connectivity index (χ1) is 10.5. The number of rotatable bonds is 6. The second-order valence-corrected chi connectivity index (χ2v) is 6.27. The predicted molar refractivity (Wildman–Crippen MR) is 87.5 cm³/mol. The molecule has 0 atom stereocenters. The number of hydrogen-bond donors (Lipinski definition) is 1. The van der Waals surface area contributed by atoms with Crippen molar-refractivity contribution in [1.29, 1.82) is 0 Å². The molecule has 0 fully saturated rings. The molecule has 2 rings (SSSR count). The first kappa shape index (κ1) is 16.6. The topological polar surface area (TPSA) is 75.4 Å². The molecule has 2 aromatic rings. The van der Waals surface area contributed by atoms with Crippen molar-refractivity contribution in [1.82, 2.24) is 14.5 Å². The van der Waals surface area contributed by atoms with Crippen molar-refractivity contribution < 1.29 is 9.90 Å². The third-order valence-corrected chi connectivity index (χ3v) is 4.83. The predicted octanol–water partition coefficient (Wildman–Crippen LogP) is 1.54. The molecule has 0 saturated heterocycles. The zero-order valence-corrected chi connectivity index (χ0v) is 13.9. The van der Waals surface area contributed by atoms with Crippen LogP contribution in [0.5, 0.6) is 0 Å². The quantitative estimate of drug-likeness (QED) is 0.875. The smallest absolute Gasteiger partial charge is 0.264 e. The molecule has 0 aromatic carbocycles. The fourth-order valence-corrected chi connectivity index (χ4v) is 3.45. The van der Waals surface area contributed by atoms with E-state index in [-0.39, 0.29) is 18.1 Å². The number of amides is 1. The van der Waals surface area contributed by atoms with Crippen LogP contribution < -0.4 is 5.56 Å². The maximum atomic E-state index is 12.7. The van der Waals surface area contributed by atoms with E-state index in [9.17, 15) is 9.59 Å². The Hall–Kier alpha value is -1.73. The van der Waals surface area contributed by atoms with Gasteiger partial charge < -0.3 is 14.6 Å². The van der Waals surface area contributed by atoms with Crippen LogP contribution in [0.4, 0.5) is 0 Å². The molecule has 2 heterocycles. The molecule has 0 spiro atoms. The number of aromatic nitrogens is 2. The Bertz CT molecular complexity index is 735. The average molecular weight is 323 g/mol. The number of carbonyl (C=O) groups is 1. The molecule has 0 aliphatic rings. The zero-order chi connectivity index (χ0) is 16.3. The van der Waals surface area contributed by atoms with Gasteiger partial charge in [-0.15, -0.1) is 11.3 Å². The first-order valence-corrected chi connectivity index (χ1v) is 8.17. The monoisotopic (exact) mass is 323 g/mol. The van der Waals surface area contributed by atoms with Gasteiger partial charge in [0.2, 0.25) is 0 Å². The molecule has 1 amide bonds. The van der Waals surface area contributed by atoms with Crippen LogP contribution in [0.15, 0.2) is 11.1 Å². The summed E-state index contributed by atoms with van der Waals surface area (Å²) >= 11 is 1.25. The Morgan fingerprint density at radius 3 is 2.82 bits per heavy atom. The van der Waals surface area contributed by atoms with Crippen molar-refractivity contribution in [2.45, 2.75) is 26.7 Å². The number of thiophene rings is 1. The molecule has 2 aromatic heterocycles. The summed E-state index contributed by atoms with van der Waals surface area (Å²) in [7, 11) is 1.65. The summed E-state index contributed by atoms with van der Waals surface area (Å²) in [6.07, 6.45) is 3.33. The summed E-state index contributed by atoms with van der Waals surface area (Å²) in [4.78, 5) is 31.9. The fourth-order valence-electron chi connectivity index (χ4n) is 2.34. The van der Waals surface area contributed by atoms with E-state index >= 15 is 0 Å². The molecular weight excluding hydrogens is 302 g/mol. The number of carbonyl (C=O) groups excluding carboxylic acids is 1. The van der Waals surface area contributed by atoms with Gasteiger partial charge in [-0.2, -0.15) is 0 Å². The van der Waals surface area contributed by atoms with E-state index in [0.717, 1.165) is 12.8 Å². The van der Waals surface area contributed by atoms with Crippen molar-refractivity contribution in [3.63, 3.8) is 0 Å². The Kier molecular flexibility index (Phi) is 5.31. The highest BCUT2D eigenvalue weighted by Crippen LogP contribution is 2.28. The number of aliphatic hydroxyl groups excluding tert-OH is 1. The van der Waals surface area contributed by atoms with Gasteiger partial charge >= 0.3 is 0 Å². The van der Waals surface area contributed by atoms with Gasteiger partial charge in [-0.1, -0.05) is 13.3 Å². The number of hydrogen-bond acceptors (Lipinski definition) is 5. The lowest BCUT2D eigenvalue weighted by atomic mass is 10.2. The van der Waals surface area contributed by atoms with Gasteiger partial charge in [0.15, 0.2) is 0 Å². The molecule has 120 valence electrons. The Labute approximate surface area is 133 Å². The lowest BCUT2D eigenvalue weighted by molar-refractivity contribution is 0.0723. The largest absolute Gasteiger partial charge is 0.395 e. The SMILES string of the molecule is CCCCN(CCO)C(=O)c1sc2ncn(C)c(=O)c2c1C. The summed E-state index contributed by atoms with van der Waals surface area (Å²) in [5.74, 6) is -0.134. The first-order valence-electron chi connectivity index (χ1n) is 7.36. The lowest BCUT2D eigenvalue weighted by Crippen LogP contribution is -2.34. The van der Waals surface area contributed by atoms with Gasteiger partial charge in [0.05, 0.1) is 23.2 Å². The normalized spacial score (nSPS) is 11.1. The third kappa shape index (κ3) is 3.05. The summed E-state index contributed by atoms with van der Waals surface area (Å²) in [6.45, 7) is 4.68. The molecule has 0 bridgehead atoms. The van der Waals surface area contributed by atoms with Crippen molar-refractivity contribution in [3.05, 3.63) is 27.1 Å². The van der Waals surface area contributed by atoms with Gasteiger partial charge in [-0.05, 0) is 18.9 Å². The van der Waals surface area contributed by atoms with E-state index < -0.39 is 0 Å². The molecule has 6 nitrogen and oxygen atoms in total. The van der Waals surface area contributed by atoms with E-state index in [4.69, 9.17) is 5.11 Å². The second-order valence-electron chi connectivity index (χ2n) is 5.27. The van der Waals surface area contributed by atoms with Crippen LogP contribution in [-0.4, -0.2) is 45.2 Å². The number of aryl methyl sites for hydroxylation is 2. The highest BCUT2D eigenvalue weighted by molar-refractivity contribution is 7.20. The highest BCUT2D eigenvalue weighted by atomic mass is 32.1. The summed E-state index contributed by atoms with van der Waals surface area (Å²) < 4.78 is 1.42. The summed E-state index contributed by atoms with van der Waals surface area (Å²) in [6, 6.07) is 0. The Morgan fingerprint density at radius 1 is 1.45 bits per heavy atom. The molecular formula is C15H21N3O3S. The summed E-state index contributed by atoms with van der Waals surface area (Å²) in [5, 5.41) is 9.68. The minimum atomic E-state index is -0.139. The number of aliphatic hydroxyl groups is 1. The molecule has 7 heteroatoms. The zero-order valence-electron chi connectivity index (χ0n) is 13.1. The number of fused-ring (bicyclic) bond motifs is 1. The maximum absolute atomic E-state index is 12.7. The Morgan fingerprint density at radius 2 is 2.18 bits per heavy atom. The highest BCUT2D eigenvalue weighted by Gasteiger charge is 2.23. The van der Waals surface area contributed by atoms with Crippen LogP contribution >= 0.6 is 11.3 Å². The maximum Gasteiger partial charge on any atom is 0.264 e. The third-order valence-electron chi connectivity index (χ3n) is 3.64. The molecule has 0 radical (unpaired) electrons. The van der Waals surface area contributed by atoms with E-state index in [2.05, 4.69) is 11.9 Å². The van der Waals surface area contributed by atoms with Gasteiger partial charge in [0, 0.05) is 20.1 Å². The average Bonchev–Trinajstić information content (AvgIpc) is 2.84. The van der Waals surface area contributed by atoms with Crippen LogP contribution in [-0.2, 0) is 7.05 Å². The molecule has 22 heavy (non-hydrogen) atoms. The minimum Gasteiger partial charge on any atom is -0.395 e. The molecule has 0 aliphatic carbocycles. The van der Waals surface area contributed by atoms with Crippen LogP contribution in [0.3, 0.4) is 0 Å². The van der Waals surface area contributed by atoms with Gasteiger partial charge in [0.25, 0.3) is 11.5 Å². The van der Waals surface area contributed by atoms with E-state index in [1.165, 1.54) is 22.2 Å². The van der Waals surface area contributed by atoms with Crippen molar-refractivity contribution in [3.8, 4) is 0 Å². The van der Waals surface area contributed by atoms with Crippen LogP contribution in [0.2, 0.25) is 0 Å². The van der Waals surface area contributed by atoms with Crippen LogP contribution in [0.25, 0.3) is 10.2 Å². The standard InChI is InChI=1S/C15H21N3O3S/c1-4-5-6-18(7-8-19)15(21)12-10(2)11-13(22-12)16-9-17(3)14(11)20/h9,19H,4-8H2,1-3H3. The molecule has 0 saturated carbocycles. The fraction of sp³-hybridized carbons (Fsp3) is 0.533. The van der Waals surface area contributed by atoms with Crippen molar-refractivity contribution in [2.24, 2.45) is 7.05 Å². The van der Waals surface area contributed by atoms with Crippen LogP contribution in [0, 0.1) is 6.92 Å². The van der Waals surface area contributed by atoms with E-state index in [1.54, 1.807) is 18.9 Å². The number of nitrogens with zero attached hydrogens (tertiary/aromatic N) is 3. The van der Waals surface area contributed by atoms with Gasteiger partial charge in [-0.3, -0.25) is 9.59 Å². The van der Waals surface area contributed by atoms with E-state index in [1.807, 2.05) is 0 Å². The lowest BCUT2D eigenvalue weighted by Gasteiger charge is -2.21. The molecule has 0 aliphatic heterocycles. The molecule has 0 unspecified atom stereocenters. The minimum absolute atomic E-state index is 0.0700. The van der Waals surface area contributed by atoms with Crippen molar-refractivity contribution >= 4 is 27.5 Å². The number of unbranched alkanes of at least 4 members (excludes halogenated alkanes) is 1. The summed E-state index contributed by atoms with van der Waals surface area (Å²) in [5.41, 5.74) is 0.540. The van der Waals surface area contributed by atoms with Gasteiger partial charge in [0.1, 0.15) is 4.83 Å². The second kappa shape index (κ2) is 7.02. The Balaban J connectivity index is 2.45. The van der Waals surface area contributed by atoms with Crippen molar-refractivity contribution in [2.75, 3.05) is 19.7 Å².